The fraction of sp³-hybridized carbons (Fsp3) is 0.636. The van der Waals surface area contributed by atoms with Gasteiger partial charge < -0.3 is 14.8 Å². The van der Waals surface area contributed by atoms with Crippen molar-refractivity contribution in [1.82, 2.24) is 5.32 Å². The van der Waals surface area contributed by atoms with Crippen LogP contribution in [0.15, 0.2) is 23.0 Å². The van der Waals surface area contributed by atoms with Crippen LogP contribution >= 0.6 is 11.8 Å². The van der Waals surface area contributed by atoms with E-state index in [2.05, 4.69) is 12.2 Å². The standard InChI is InChI=1S/C11H19NO2S/c1-9(10-4-5-14-6-10)12-7-11(2,13)8-15-3/h4-6,9,12-13H,7-8H2,1-3H3. The Morgan fingerprint density at radius 1 is 1.67 bits per heavy atom. The first-order valence-electron chi connectivity index (χ1n) is 5.02. The molecule has 1 aromatic rings. The first-order chi connectivity index (χ1) is 7.05. The molecule has 3 nitrogen and oxygen atoms in total. The maximum atomic E-state index is 9.95. The van der Waals surface area contributed by atoms with Gasteiger partial charge in [-0.25, -0.2) is 0 Å². The van der Waals surface area contributed by atoms with Gasteiger partial charge in [-0.15, -0.1) is 0 Å². The SMILES string of the molecule is CSCC(C)(O)CNC(C)c1ccoc1. The summed E-state index contributed by atoms with van der Waals surface area (Å²) in [5.74, 6) is 0.734. The smallest absolute Gasteiger partial charge is 0.0950 e. The second-order valence-electron chi connectivity index (χ2n) is 4.09. The molecular formula is C11H19NO2S. The highest BCUT2D eigenvalue weighted by atomic mass is 32.2. The van der Waals surface area contributed by atoms with Gasteiger partial charge in [-0.2, -0.15) is 11.8 Å². The van der Waals surface area contributed by atoms with Crippen molar-refractivity contribution in [1.29, 1.82) is 0 Å². The van der Waals surface area contributed by atoms with Gasteiger partial charge in [0.15, 0.2) is 0 Å². The highest BCUT2D eigenvalue weighted by Crippen LogP contribution is 2.15. The van der Waals surface area contributed by atoms with Gasteiger partial charge in [0.05, 0.1) is 18.1 Å². The van der Waals surface area contributed by atoms with Gasteiger partial charge in [0.1, 0.15) is 0 Å². The molecule has 0 aliphatic rings. The van der Waals surface area contributed by atoms with E-state index in [0.717, 1.165) is 11.3 Å². The van der Waals surface area contributed by atoms with Gasteiger partial charge in [-0.3, -0.25) is 0 Å². The van der Waals surface area contributed by atoms with Gasteiger partial charge in [0, 0.05) is 23.9 Å². The third kappa shape index (κ3) is 4.28. The lowest BCUT2D eigenvalue weighted by Crippen LogP contribution is -2.40. The van der Waals surface area contributed by atoms with Gasteiger partial charge in [-0.05, 0) is 26.2 Å². The quantitative estimate of drug-likeness (QED) is 0.783. The Bertz CT molecular complexity index is 272. The van der Waals surface area contributed by atoms with Crippen molar-refractivity contribution in [3.05, 3.63) is 24.2 Å². The fourth-order valence-corrected chi connectivity index (χ4v) is 2.10. The van der Waals surface area contributed by atoms with Crippen LogP contribution in [0.4, 0.5) is 0 Å². The number of furan rings is 1. The molecule has 1 rings (SSSR count). The average Bonchev–Trinajstić information content (AvgIpc) is 2.67. The molecule has 1 aromatic heterocycles. The summed E-state index contributed by atoms with van der Waals surface area (Å²) in [6.07, 6.45) is 5.38. The first-order valence-corrected chi connectivity index (χ1v) is 6.41. The minimum Gasteiger partial charge on any atom is -0.472 e. The number of hydrogen-bond donors (Lipinski definition) is 2. The molecule has 1 heterocycles. The number of hydrogen-bond acceptors (Lipinski definition) is 4. The van der Waals surface area contributed by atoms with Crippen LogP contribution in [0.5, 0.6) is 0 Å². The zero-order valence-corrected chi connectivity index (χ0v) is 10.3. The third-order valence-corrected chi connectivity index (χ3v) is 3.20. The van der Waals surface area contributed by atoms with Crippen LogP contribution in [0.25, 0.3) is 0 Å². The van der Waals surface area contributed by atoms with Crippen molar-refractivity contribution in [3.8, 4) is 0 Å². The molecule has 0 amide bonds. The monoisotopic (exact) mass is 229 g/mol. The van der Waals surface area contributed by atoms with E-state index in [-0.39, 0.29) is 6.04 Å². The predicted molar refractivity (Wildman–Crippen MR) is 64.1 cm³/mol. The number of thioether (sulfide) groups is 1. The van der Waals surface area contributed by atoms with Crippen LogP contribution in [0, 0.1) is 0 Å². The summed E-state index contributed by atoms with van der Waals surface area (Å²) in [6, 6.07) is 2.14. The molecule has 2 unspecified atom stereocenters. The molecule has 0 radical (unpaired) electrons. The Labute approximate surface area is 95.2 Å². The van der Waals surface area contributed by atoms with E-state index in [0.29, 0.717) is 6.54 Å². The molecular weight excluding hydrogens is 210 g/mol. The summed E-state index contributed by atoms with van der Waals surface area (Å²) >= 11 is 1.65. The number of nitrogens with one attached hydrogen (secondary N) is 1. The zero-order valence-electron chi connectivity index (χ0n) is 9.49. The lowest BCUT2D eigenvalue weighted by Gasteiger charge is -2.24. The van der Waals surface area contributed by atoms with E-state index >= 15 is 0 Å². The average molecular weight is 229 g/mol. The molecule has 2 N–H and O–H groups in total. The van der Waals surface area contributed by atoms with E-state index in [1.54, 1.807) is 24.3 Å². The van der Waals surface area contributed by atoms with Gasteiger partial charge in [0.2, 0.25) is 0 Å². The van der Waals surface area contributed by atoms with Crippen molar-refractivity contribution in [2.24, 2.45) is 0 Å². The molecule has 0 aromatic carbocycles. The summed E-state index contributed by atoms with van der Waals surface area (Å²) < 4.78 is 5.01. The summed E-state index contributed by atoms with van der Waals surface area (Å²) in [6.45, 7) is 4.48. The van der Waals surface area contributed by atoms with Gasteiger partial charge in [0.25, 0.3) is 0 Å². The van der Waals surface area contributed by atoms with E-state index in [4.69, 9.17) is 4.42 Å². The van der Waals surface area contributed by atoms with Gasteiger partial charge in [-0.1, -0.05) is 0 Å². The molecule has 0 saturated carbocycles. The summed E-state index contributed by atoms with van der Waals surface area (Å²) in [7, 11) is 0. The van der Waals surface area contributed by atoms with Crippen molar-refractivity contribution in [2.75, 3.05) is 18.6 Å². The molecule has 4 heteroatoms. The topological polar surface area (TPSA) is 45.4 Å². The Hall–Kier alpha value is -0.450. The Morgan fingerprint density at radius 2 is 2.40 bits per heavy atom. The largest absolute Gasteiger partial charge is 0.472 e. The molecule has 86 valence electrons. The van der Waals surface area contributed by atoms with Crippen LogP contribution in [-0.2, 0) is 0 Å². The van der Waals surface area contributed by atoms with E-state index in [1.807, 2.05) is 19.2 Å². The van der Waals surface area contributed by atoms with Crippen LogP contribution in [0.3, 0.4) is 0 Å². The van der Waals surface area contributed by atoms with Crippen LogP contribution in [0.1, 0.15) is 25.5 Å². The summed E-state index contributed by atoms with van der Waals surface area (Å²) in [5.41, 5.74) is 0.451. The molecule has 0 fully saturated rings. The number of rotatable bonds is 6. The Kier molecular flexibility index (Phi) is 4.70. The Balaban J connectivity index is 2.37. The highest BCUT2D eigenvalue weighted by Gasteiger charge is 2.20. The lowest BCUT2D eigenvalue weighted by atomic mass is 10.1. The van der Waals surface area contributed by atoms with Crippen LogP contribution in [-0.4, -0.2) is 29.3 Å². The van der Waals surface area contributed by atoms with Crippen molar-refractivity contribution in [2.45, 2.75) is 25.5 Å². The minimum atomic E-state index is -0.655. The van der Waals surface area contributed by atoms with Crippen molar-refractivity contribution >= 4 is 11.8 Å². The summed E-state index contributed by atoms with van der Waals surface area (Å²) in [4.78, 5) is 0. The Morgan fingerprint density at radius 3 is 2.93 bits per heavy atom. The zero-order chi connectivity index (χ0) is 11.3. The minimum absolute atomic E-state index is 0.206. The third-order valence-electron chi connectivity index (χ3n) is 2.29. The van der Waals surface area contributed by atoms with Crippen molar-refractivity contribution < 1.29 is 9.52 Å². The molecule has 0 spiro atoms. The second-order valence-corrected chi connectivity index (χ2v) is 4.96. The second kappa shape index (κ2) is 5.58. The normalized spacial score (nSPS) is 17.3. The van der Waals surface area contributed by atoms with E-state index < -0.39 is 5.60 Å². The molecule has 0 aliphatic heterocycles. The van der Waals surface area contributed by atoms with E-state index in [9.17, 15) is 5.11 Å². The molecule has 0 bridgehead atoms. The van der Waals surface area contributed by atoms with Gasteiger partial charge >= 0.3 is 0 Å². The maximum Gasteiger partial charge on any atom is 0.0950 e. The highest BCUT2D eigenvalue weighted by molar-refractivity contribution is 7.98. The first kappa shape index (κ1) is 12.6. The summed E-state index contributed by atoms with van der Waals surface area (Å²) in [5, 5.41) is 13.2. The van der Waals surface area contributed by atoms with Crippen molar-refractivity contribution in [3.63, 3.8) is 0 Å². The van der Waals surface area contributed by atoms with Crippen LogP contribution < -0.4 is 5.32 Å². The molecule has 2 atom stereocenters. The molecule has 0 aliphatic carbocycles. The molecule has 0 saturated heterocycles. The lowest BCUT2D eigenvalue weighted by molar-refractivity contribution is 0.0820. The fourth-order valence-electron chi connectivity index (χ4n) is 1.37. The predicted octanol–water partition coefficient (Wildman–Crippen LogP) is 2.04. The maximum absolute atomic E-state index is 9.95. The molecule has 15 heavy (non-hydrogen) atoms. The van der Waals surface area contributed by atoms with E-state index in [1.165, 1.54) is 0 Å². The van der Waals surface area contributed by atoms with Crippen LogP contribution in [0.2, 0.25) is 0 Å². The number of aliphatic hydroxyl groups is 1.